The predicted octanol–water partition coefficient (Wildman–Crippen LogP) is 1.58. The quantitative estimate of drug-likeness (QED) is 0.826. The van der Waals surface area contributed by atoms with Crippen molar-refractivity contribution < 1.29 is 15.3 Å². The fraction of sp³-hybridized carbons (Fsp3) is 0.188. The Morgan fingerprint density at radius 3 is 2.05 bits per heavy atom. The first kappa shape index (κ1) is 13.3. The average Bonchev–Trinajstić information content (AvgIpc) is 2.47. The number of carbonyl (C=O) groups excluding carboxylic acids is 1. The molecule has 0 amide bonds. The molecule has 3 heteroatoms. The first-order valence-electron chi connectivity index (χ1n) is 6.33. The van der Waals surface area contributed by atoms with E-state index >= 15 is 0 Å². The van der Waals surface area contributed by atoms with Gasteiger partial charge in [-0.2, -0.15) is 0 Å². The summed E-state index contributed by atoms with van der Waals surface area (Å²) in [6.07, 6.45) is 0.606. The van der Waals surface area contributed by atoms with Crippen molar-refractivity contribution in [2.24, 2.45) is 0 Å². The predicted molar refractivity (Wildman–Crippen MR) is 73.1 cm³/mol. The van der Waals surface area contributed by atoms with Crippen LogP contribution in [0.4, 0.5) is 0 Å². The smallest absolute Gasteiger partial charge is 0.365 e. The molecular weight excluding hydrogens is 238 g/mol. The molecule has 2 rings (SSSR count). The molecule has 0 saturated carbocycles. The van der Waals surface area contributed by atoms with Gasteiger partial charge in [0, 0.05) is 6.42 Å². The van der Waals surface area contributed by atoms with E-state index in [0.29, 0.717) is 13.0 Å². The van der Waals surface area contributed by atoms with Gasteiger partial charge < -0.3 is 10.5 Å². The molecule has 0 heterocycles. The number of quaternary nitrogens is 1. The van der Waals surface area contributed by atoms with E-state index in [4.69, 9.17) is 4.74 Å². The molecule has 0 spiro atoms. The van der Waals surface area contributed by atoms with Crippen LogP contribution in [0.25, 0.3) is 0 Å². The van der Waals surface area contributed by atoms with E-state index in [1.54, 1.807) is 0 Å². The molecule has 0 aliphatic rings. The second-order valence-electron chi connectivity index (χ2n) is 4.48. The van der Waals surface area contributed by atoms with Crippen LogP contribution in [-0.4, -0.2) is 12.0 Å². The lowest BCUT2D eigenvalue weighted by molar-refractivity contribution is -0.408. The van der Waals surface area contributed by atoms with Gasteiger partial charge in [-0.3, -0.25) is 0 Å². The Morgan fingerprint density at radius 2 is 1.47 bits per heavy atom. The summed E-state index contributed by atoms with van der Waals surface area (Å²) < 4.78 is 5.26. The molecule has 1 atom stereocenters. The van der Waals surface area contributed by atoms with Crippen LogP contribution >= 0.6 is 0 Å². The summed E-state index contributed by atoms with van der Waals surface area (Å²) in [6.45, 7) is 0.306. The molecule has 0 bridgehead atoms. The van der Waals surface area contributed by atoms with Crippen molar-refractivity contribution in [3.63, 3.8) is 0 Å². The fourth-order valence-corrected chi connectivity index (χ4v) is 1.83. The summed E-state index contributed by atoms with van der Waals surface area (Å²) in [6, 6.07) is 19.1. The third-order valence-corrected chi connectivity index (χ3v) is 2.88. The summed E-state index contributed by atoms with van der Waals surface area (Å²) in [5, 5.41) is 0. The van der Waals surface area contributed by atoms with Crippen LogP contribution in [0.2, 0.25) is 0 Å². The number of ether oxygens (including phenoxy) is 1. The fourth-order valence-electron chi connectivity index (χ4n) is 1.83. The van der Waals surface area contributed by atoms with E-state index in [1.807, 2.05) is 60.7 Å². The Labute approximate surface area is 113 Å². The first-order chi connectivity index (χ1) is 9.25. The molecule has 98 valence electrons. The van der Waals surface area contributed by atoms with E-state index in [0.717, 1.165) is 11.1 Å². The van der Waals surface area contributed by atoms with Crippen LogP contribution in [-0.2, 0) is 22.6 Å². The van der Waals surface area contributed by atoms with E-state index < -0.39 is 0 Å². The van der Waals surface area contributed by atoms with Crippen LogP contribution in [0, 0.1) is 0 Å². The van der Waals surface area contributed by atoms with Crippen molar-refractivity contribution in [3.8, 4) is 0 Å². The minimum Gasteiger partial charge on any atom is -0.456 e. The molecule has 0 aliphatic heterocycles. The average molecular weight is 256 g/mol. The Bertz CT molecular complexity index is 511. The van der Waals surface area contributed by atoms with Crippen molar-refractivity contribution >= 4 is 5.97 Å². The lowest BCUT2D eigenvalue weighted by Crippen LogP contribution is -2.66. The lowest BCUT2D eigenvalue weighted by Gasteiger charge is -2.09. The van der Waals surface area contributed by atoms with Crippen molar-refractivity contribution in [1.82, 2.24) is 0 Å². The van der Waals surface area contributed by atoms with Crippen molar-refractivity contribution in [2.45, 2.75) is 19.1 Å². The van der Waals surface area contributed by atoms with E-state index in [2.05, 4.69) is 5.73 Å². The third kappa shape index (κ3) is 4.23. The second kappa shape index (κ2) is 6.71. The summed E-state index contributed by atoms with van der Waals surface area (Å²) in [5.74, 6) is -0.257. The zero-order chi connectivity index (χ0) is 13.5. The number of rotatable bonds is 5. The maximum absolute atomic E-state index is 11.8. The number of hydrogen-bond acceptors (Lipinski definition) is 2. The van der Waals surface area contributed by atoms with Gasteiger partial charge >= 0.3 is 5.97 Å². The van der Waals surface area contributed by atoms with Gasteiger partial charge in [0.15, 0.2) is 6.04 Å². The van der Waals surface area contributed by atoms with Gasteiger partial charge in [0.2, 0.25) is 0 Å². The van der Waals surface area contributed by atoms with Crippen LogP contribution in [0.1, 0.15) is 11.1 Å². The number of hydrogen-bond donors (Lipinski definition) is 1. The highest BCUT2D eigenvalue weighted by Gasteiger charge is 2.19. The summed E-state index contributed by atoms with van der Waals surface area (Å²) in [5.41, 5.74) is 5.96. The van der Waals surface area contributed by atoms with Crippen LogP contribution in [0.3, 0.4) is 0 Å². The number of benzene rings is 2. The monoisotopic (exact) mass is 256 g/mol. The molecule has 19 heavy (non-hydrogen) atoms. The molecule has 0 aliphatic carbocycles. The van der Waals surface area contributed by atoms with Gasteiger partial charge in [-0.05, 0) is 11.1 Å². The van der Waals surface area contributed by atoms with Gasteiger partial charge in [0.1, 0.15) is 6.61 Å². The zero-order valence-corrected chi connectivity index (χ0v) is 10.8. The van der Waals surface area contributed by atoms with Crippen LogP contribution < -0.4 is 5.73 Å². The molecule has 0 saturated heterocycles. The molecule has 2 aromatic rings. The number of carbonyl (C=O) groups is 1. The summed E-state index contributed by atoms with van der Waals surface area (Å²) >= 11 is 0. The Balaban J connectivity index is 1.83. The highest BCUT2D eigenvalue weighted by atomic mass is 16.5. The maximum Gasteiger partial charge on any atom is 0.365 e. The van der Waals surface area contributed by atoms with E-state index in [1.165, 1.54) is 0 Å². The molecule has 0 aromatic heterocycles. The summed E-state index contributed by atoms with van der Waals surface area (Å²) in [4.78, 5) is 11.8. The Hall–Kier alpha value is -2.13. The number of esters is 1. The van der Waals surface area contributed by atoms with Crippen LogP contribution in [0.15, 0.2) is 60.7 Å². The second-order valence-corrected chi connectivity index (χ2v) is 4.48. The van der Waals surface area contributed by atoms with Crippen molar-refractivity contribution in [1.29, 1.82) is 0 Å². The molecule has 0 radical (unpaired) electrons. The largest absolute Gasteiger partial charge is 0.456 e. The third-order valence-electron chi connectivity index (χ3n) is 2.88. The van der Waals surface area contributed by atoms with Gasteiger partial charge in [0.05, 0.1) is 0 Å². The first-order valence-corrected chi connectivity index (χ1v) is 6.33. The molecular formula is C16H18NO2+. The van der Waals surface area contributed by atoms with E-state index in [9.17, 15) is 4.79 Å². The highest BCUT2D eigenvalue weighted by molar-refractivity contribution is 5.74. The van der Waals surface area contributed by atoms with E-state index in [-0.39, 0.29) is 12.0 Å². The van der Waals surface area contributed by atoms with Gasteiger partial charge in [-0.25, -0.2) is 4.79 Å². The highest BCUT2D eigenvalue weighted by Crippen LogP contribution is 2.04. The van der Waals surface area contributed by atoms with Crippen molar-refractivity contribution in [3.05, 3.63) is 71.8 Å². The Kier molecular flexibility index (Phi) is 4.70. The molecule has 0 fully saturated rings. The summed E-state index contributed by atoms with van der Waals surface area (Å²) in [7, 11) is 0. The minimum atomic E-state index is -0.369. The van der Waals surface area contributed by atoms with Gasteiger partial charge in [0.25, 0.3) is 0 Å². The van der Waals surface area contributed by atoms with Gasteiger partial charge in [-0.15, -0.1) is 0 Å². The molecule has 1 unspecified atom stereocenters. The lowest BCUT2D eigenvalue weighted by atomic mass is 10.1. The standard InChI is InChI=1S/C16H17NO2/c17-15(11-13-7-3-1-4-8-13)16(18)19-12-14-9-5-2-6-10-14/h1-10,15H,11-12,17H2/p+1. The van der Waals surface area contributed by atoms with Crippen molar-refractivity contribution in [2.75, 3.05) is 0 Å². The topological polar surface area (TPSA) is 53.9 Å². The normalized spacial score (nSPS) is 11.8. The molecule has 3 N–H and O–H groups in total. The molecule has 2 aromatic carbocycles. The van der Waals surface area contributed by atoms with Gasteiger partial charge in [-0.1, -0.05) is 60.7 Å². The SMILES string of the molecule is [NH3+]C(Cc1ccccc1)C(=O)OCc1ccccc1. The Morgan fingerprint density at radius 1 is 0.947 bits per heavy atom. The zero-order valence-electron chi connectivity index (χ0n) is 10.8. The maximum atomic E-state index is 11.8. The van der Waals surface area contributed by atoms with Crippen LogP contribution in [0.5, 0.6) is 0 Å². The minimum absolute atomic E-state index is 0.257. The molecule has 3 nitrogen and oxygen atoms in total.